The SMILES string of the molecule is CNCCCN(C)C(=O)C1CC2CCC1C2. The van der Waals surface area contributed by atoms with Gasteiger partial charge in [0.2, 0.25) is 5.91 Å². The highest BCUT2D eigenvalue weighted by Crippen LogP contribution is 2.48. The maximum Gasteiger partial charge on any atom is 0.225 e. The fourth-order valence-electron chi connectivity index (χ4n) is 3.43. The quantitative estimate of drug-likeness (QED) is 0.718. The van der Waals surface area contributed by atoms with E-state index < -0.39 is 0 Å². The molecule has 0 radical (unpaired) electrons. The van der Waals surface area contributed by atoms with Gasteiger partial charge >= 0.3 is 0 Å². The third-order valence-electron chi connectivity index (χ3n) is 4.35. The highest BCUT2D eigenvalue weighted by Gasteiger charge is 2.43. The molecule has 2 bridgehead atoms. The molecule has 0 saturated heterocycles. The topological polar surface area (TPSA) is 32.3 Å². The van der Waals surface area contributed by atoms with Crippen LogP contribution in [0.1, 0.15) is 32.1 Å². The highest BCUT2D eigenvalue weighted by molar-refractivity contribution is 5.79. The zero-order valence-corrected chi connectivity index (χ0v) is 10.5. The lowest BCUT2D eigenvalue weighted by atomic mass is 9.88. The van der Waals surface area contributed by atoms with Gasteiger partial charge in [0.1, 0.15) is 0 Å². The monoisotopic (exact) mass is 224 g/mol. The van der Waals surface area contributed by atoms with E-state index in [4.69, 9.17) is 0 Å². The molecule has 0 aliphatic heterocycles. The minimum absolute atomic E-state index is 0.360. The Balaban J connectivity index is 1.78. The molecule has 3 nitrogen and oxygen atoms in total. The fourth-order valence-corrected chi connectivity index (χ4v) is 3.43. The van der Waals surface area contributed by atoms with Crippen LogP contribution < -0.4 is 5.32 Å². The van der Waals surface area contributed by atoms with Gasteiger partial charge in [0.15, 0.2) is 0 Å². The van der Waals surface area contributed by atoms with Crippen molar-refractivity contribution in [3.63, 3.8) is 0 Å². The highest BCUT2D eigenvalue weighted by atomic mass is 16.2. The van der Waals surface area contributed by atoms with Crippen molar-refractivity contribution in [1.29, 1.82) is 0 Å². The van der Waals surface area contributed by atoms with Crippen LogP contribution in [0.5, 0.6) is 0 Å². The Morgan fingerprint density at radius 1 is 1.38 bits per heavy atom. The lowest BCUT2D eigenvalue weighted by Crippen LogP contribution is -2.36. The van der Waals surface area contributed by atoms with Crippen molar-refractivity contribution in [2.45, 2.75) is 32.1 Å². The van der Waals surface area contributed by atoms with Crippen LogP contribution in [0.2, 0.25) is 0 Å². The van der Waals surface area contributed by atoms with Gasteiger partial charge in [-0.05, 0) is 51.1 Å². The van der Waals surface area contributed by atoms with Crippen molar-refractivity contribution < 1.29 is 4.79 Å². The molecule has 0 spiro atoms. The van der Waals surface area contributed by atoms with E-state index in [0.717, 1.165) is 25.4 Å². The predicted octanol–water partition coefficient (Wildman–Crippen LogP) is 1.49. The van der Waals surface area contributed by atoms with E-state index >= 15 is 0 Å². The third-order valence-corrected chi connectivity index (χ3v) is 4.35. The number of amides is 1. The Hall–Kier alpha value is -0.570. The lowest BCUT2D eigenvalue weighted by Gasteiger charge is -2.26. The molecule has 1 N–H and O–H groups in total. The largest absolute Gasteiger partial charge is 0.345 e. The number of nitrogens with zero attached hydrogens (tertiary/aromatic N) is 1. The summed E-state index contributed by atoms with van der Waals surface area (Å²) in [6.45, 7) is 1.89. The van der Waals surface area contributed by atoms with E-state index in [1.54, 1.807) is 0 Å². The van der Waals surface area contributed by atoms with Crippen molar-refractivity contribution in [2.75, 3.05) is 27.2 Å². The van der Waals surface area contributed by atoms with Gasteiger partial charge in [-0.2, -0.15) is 0 Å². The average molecular weight is 224 g/mol. The number of carbonyl (C=O) groups is 1. The molecule has 3 heteroatoms. The lowest BCUT2D eigenvalue weighted by molar-refractivity contribution is -0.135. The van der Waals surface area contributed by atoms with E-state index in [1.807, 2.05) is 19.0 Å². The van der Waals surface area contributed by atoms with E-state index in [0.29, 0.717) is 17.7 Å². The Labute approximate surface area is 98.6 Å². The summed E-state index contributed by atoms with van der Waals surface area (Å²) in [4.78, 5) is 14.2. The van der Waals surface area contributed by atoms with Gasteiger partial charge in [-0.25, -0.2) is 0 Å². The summed E-state index contributed by atoms with van der Waals surface area (Å²) in [6.07, 6.45) is 6.21. The first-order chi connectivity index (χ1) is 7.72. The molecular formula is C13H24N2O. The second-order valence-corrected chi connectivity index (χ2v) is 5.50. The number of rotatable bonds is 5. The minimum atomic E-state index is 0.360. The zero-order chi connectivity index (χ0) is 11.5. The molecule has 3 atom stereocenters. The molecule has 1 amide bonds. The van der Waals surface area contributed by atoms with Crippen LogP contribution in [-0.4, -0.2) is 38.0 Å². The normalized spacial score (nSPS) is 32.0. The molecular weight excluding hydrogens is 200 g/mol. The molecule has 92 valence electrons. The van der Waals surface area contributed by atoms with Gasteiger partial charge in [-0.3, -0.25) is 4.79 Å². The van der Waals surface area contributed by atoms with Gasteiger partial charge in [-0.15, -0.1) is 0 Å². The molecule has 3 unspecified atom stereocenters. The van der Waals surface area contributed by atoms with Crippen LogP contribution in [0.25, 0.3) is 0 Å². The minimum Gasteiger partial charge on any atom is -0.345 e. The molecule has 0 aromatic rings. The zero-order valence-electron chi connectivity index (χ0n) is 10.5. The Bertz CT molecular complexity index is 254. The Morgan fingerprint density at radius 2 is 2.19 bits per heavy atom. The van der Waals surface area contributed by atoms with E-state index in [2.05, 4.69) is 5.32 Å². The van der Waals surface area contributed by atoms with Crippen molar-refractivity contribution in [3.05, 3.63) is 0 Å². The summed E-state index contributed by atoms with van der Waals surface area (Å²) in [7, 11) is 3.92. The third kappa shape index (κ3) is 2.40. The Morgan fingerprint density at radius 3 is 2.75 bits per heavy atom. The maximum absolute atomic E-state index is 12.2. The number of nitrogens with one attached hydrogen (secondary N) is 1. The van der Waals surface area contributed by atoms with Crippen LogP contribution in [-0.2, 0) is 4.79 Å². The molecule has 2 rings (SSSR count). The number of carbonyl (C=O) groups excluding carboxylic acids is 1. The molecule has 0 aromatic carbocycles. The predicted molar refractivity (Wildman–Crippen MR) is 65.1 cm³/mol. The van der Waals surface area contributed by atoms with Gasteiger partial charge in [0.05, 0.1) is 0 Å². The van der Waals surface area contributed by atoms with Gasteiger partial charge in [0, 0.05) is 19.5 Å². The van der Waals surface area contributed by atoms with E-state index in [1.165, 1.54) is 25.7 Å². The first kappa shape index (κ1) is 11.9. The first-order valence-electron chi connectivity index (χ1n) is 6.62. The smallest absolute Gasteiger partial charge is 0.225 e. The second-order valence-electron chi connectivity index (χ2n) is 5.50. The number of hydrogen-bond acceptors (Lipinski definition) is 2. The molecule has 0 aromatic heterocycles. The molecule has 2 aliphatic carbocycles. The standard InChI is InChI=1S/C13H24N2O/c1-14-6-3-7-15(2)13(16)12-9-10-4-5-11(12)8-10/h10-12,14H,3-9H2,1-2H3. The van der Waals surface area contributed by atoms with Crippen molar-refractivity contribution in [2.24, 2.45) is 17.8 Å². The summed E-state index contributed by atoms with van der Waals surface area (Å²) >= 11 is 0. The van der Waals surface area contributed by atoms with Crippen LogP contribution in [0.4, 0.5) is 0 Å². The molecule has 16 heavy (non-hydrogen) atoms. The summed E-state index contributed by atoms with van der Waals surface area (Å²) in [5, 5.41) is 3.12. The summed E-state index contributed by atoms with van der Waals surface area (Å²) in [6, 6.07) is 0. The summed E-state index contributed by atoms with van der Waals surface area (Å²) in [5.41, 5.74) is 0. The van der Waals surface area contributed by atoms with Gasteiger partial charge < -0.3 is 10.2 Å². The average Bonchev–Trinajstić information content (AvgIpc) is 2.90. The van der Waals surface area contributed by atoms with Crippen LogP contribution in [0, 0.1) is 17.8 Å². The number of fused-ring (bicyclic) bond motifs is 2. The molecule has 2 aliphatic rings. The maximum atomic E-state index is 12.2. The molecule has 2 fully saturated rings. The van der Waals surface area contributed by atoms with Gasteiger partial charge in [0.25, 0.3) is 0 Å². The van der Waals surface area contributed by atoms with Crippen molar-refractivity contribution >= 4 is 5.91 Å². The molecule has 0 heterocycles. The molecule has 2 saturated carbocycles. The fraction of sp³-hybridized carbons (Fsp3) is 0.923. The van der Waals surface area contributed by atoms with Crippen LogP contribution in [0.15, 0.2) is 0 Å². The van der Waals surface area contributed by atoms with Crippen LogP contribution >= 0.6 is 0 Å². The van der Waals surface area contributed by atoms with Gasteiger partial charge in [-0.1, -0.05) is 6.42 Å². The summed E-state index contributed by atoms with van der Waals surface area (Å²) in [5.74, 6) is 2.34. The van der Waals surface area contributed by atoms with Crippen LogP contribution in [0.3, 0.4) is 0 Å². The van der Waals surface area contributed by atoms with E-state index in [-0.39, 0.29) is 0 Å². The first-order valence-corrected chi connectivity index (χ1v) is 6.62. The van der Waals surface area contributed by atoms with Crippen molar-refractivity contribution in [1.82, 2.24) is 10.2 Å². The van der Waals surface area contributed by atoms with Crippen molar-refractivity contribution in [3.8, 4) is 0 Å². The second kappa shape index (κ2) is 5.17. The summed E-state index contributed by atoms with van der Waals surface area (Å²) < 4.78 is 0. The van der Waals surface area contributed by atoms with E-state index in [9.17, 15) is 4.79 Å². The Kier molecular flexibility index (Phi) is 3.85. The number of hydrogen-bond donors (Lipinski definition) is 1.